The molecule has 0 heterocycles. The van der Waals surface area contributed by atoms with Gasteiger partial charge in [-0.25, -0.2) is 4.79 Å². The highest BCUT2D eigenvalue weighted by atomic mass is 35.5. The molecule has 0 unspecified atom stereocenters. The number of halogens is 1. The first-order chi connectivity index (χ1) is 11.1. The van der Waals surface area contributed by atoms with Gasteiger partial charge < -0.3 is 15.4 Å². The van der Waals surface area contributed by atoms with Crippen LogP contribution < -0.4 is 15.4 Å². The van der Waals surface area contributed by atoms with Crippen molar-refractivity contribution in [3.8, 4) is 5.75 Å². The van der Waals surface area contributed by atoms with Crippen LogP contribution >= 0.6 is 11.6 Å². The van der Waals surface area contributed by atoms with Gasteiger partial charge in [-0.3, -0.25) is 0 Å². The number of anilines is 1. The summed E-state index contributed by atoms with van der Waals surface area (Å²) in [5.41, 5.74) is 1.75. The summed E-state index contributed by atoms with van der Waals surface area (Å²) in [7, 11) is 0. The Morgan fingerprint density at radius 3 is 2.30 bits per heavy atom. The van der Waals surface area contributed by atoms with E-state index >= 15 is 0 Å². The first-order valence-electron chi connectivity index (χ1n) is 7.68. The average Bonchev–Trinajstić information content (AvgIpc) is 2.56. The van der Waals surface area contributed by atoms with E-state index in [2.05, 4.69) is 10.6 Å². The number of amides is 2. The van der Waals surface area contributed by atoms with Crippen LogP contribution in [0, 0.1) is 0 Å². The molecular weight excluding hydrogens is 312 g/mol. The van der Waals surface area contributed by atoms with Crippen LogP contribution in [0.5, 0.6) is 5.75 Å². The Bertz CT molecular complexity index is 626. The minimum absolute atomic E-state index is 0.0602. The summed E-state index contributed by atoms with van der Waals surface area (Å²) in [6, 6.07) is 14.5. The Morgan fingerprint density at radius 1 is 1.09 bits per heavy atom. The van der Waals surface area contributed by atoms with Gasteiger partial charge in [0.1, 0.15) is 5.75 Å². The van der Waals surface area contributed by atoms with Crippen molar-refractivity contribution in [1.29, 1.82) is 0 Å². The molecule has 4 nitrogen and oxygen atoms in total. The normalized spacial score (nSPS) is 11.6. The standard InChI is InChI=1S/C18H21ClN2O2/c1-3-17(13-5-7-14(19)8-6-13)21-18(22)20-15-9-11-16(12-10-15)23-4-2/h5-12,17H,3-4H2,1-2H3,(H2,20,21,22)/t17-/m0/s1. The van der Waals surface area contributed by atoms with Crippen molar-refractivity contribution in [2.75, 3.05) is 11.9 Å². The van der Waals surface area contributed by atoms with Crippen molar-refractivity contribution in [2.45, 2.75) is 26.3 Å². The average molecular weight is 333 g/mol. The van der Waals surface area contributed by atoms with Crippen LogP contribution in [-0.4, -0.2) is 12.6 Å². The second-order valence-corrected chi connectivity index (χ2v) is 5.50. The largest absolute Gasteiger partial charge is 0.494 e. The summed E-state index contributed by atoms with van der Waals surface area (Å²) in [5, 5.41) is 6.47. The van der Waals surface area contributed by atoms with Crippen molar-refractivity contribution >= 4 is 23.3 Å². The molecule has 0 bridgehead atoms. The van der Waals surface area contributed by atoms with Crippen molar-refractivity contribution < 1.29 is 9.53 Å². The van der Waals surface area contributed by atoms with E-state index in [9.17, 15) is 4.79 Å². The predicted octanol–water partition coefficient (Wildman–Crippen LogP) is 5.01. The number of carbonyl (C=O) groups is 1. The lowest BCUT2D eigenvalue weighted by Crippen LogP contribution is -2.32. The Kier molecular flexibility index (Phi) is 6.29. The number of carbonyl (C=O) groups excluding carboxylic acids is 1. The Balaban J connectivity index is 1.95. The summed E-state index contributed by atoms with van der Waals surface area (Å²) in [5.74, 6) is 0.783. The molecule has 2 N–H and O–H groups in total. The van der Waals surface area contributed by atoms with Crippen LogP contribution in [0.15, 0.2) is 48.5 Å². The van der Waals surface area contributed by atoms with Crippen molar-refractivity contribution in [2.24, 2.45) is 0 Å². The molecule has 0 fully saturated rings. The Labute approximate surface area is 141 Å². The van der Waals surface area contributed by atoms with Crippen LogP contribution in [0.4, 0.5) is 10.5 Å². The van der Waals surface area contributed by atoms with Crippen LogP contribution in [0.25, 0.3) is 0 Å². The number of benzene rings is 2. The molecule has 0 aliphatic carbocycles. The minimum Gasteiger partial charge on any atom is -0.494 e. The molecule has 1 atom stereocenters. The van der Waals surface area contributed by atoms with Crippen LogP contribution in [0.3, 0.4) is 0 Å². The van der Waals surface area contributed by atoms with Crippen LogP contribution in [0.2, 0.25) is 5.02 Å². The molecule has 0 radical (unpaired) electrons. The molecule has 23 heavy (non-hydrogen) atoms. The zero-order chi connectivity index (χ0) is 16.7. The van der Waals surface area contributed by atoms with E-state index < -0.39 is 0 Å². The molecule has 5 heteroatoms. The number of hydrogen-bond donors (Lipinski definition) is 2. The maximum atomic E-state index is 12.2. The van der Waals surface area contributed by atoms with Gasteiger partial charge in [0.25, 0.3) is 0 Å². The van der Waals surface area contributed by atoms with Crippen molar-refractivity contribution in [3.63, 3.8) is 0 Å². The molecule has 0 aliphatic rings. The highest BCUT2D eigenvalue weighted by Crippen LogP contribution is 2.20. The molecule has 122 valence electrons. The first kappa shape index (κ1) is 17.2. The van der Waals surface area contributed by atoms with Gasteiger partial charge in [-0.05, 0) is 55.3 Å². The second-order valence-electron chi connectivity index (χ2n) is 5.07. The molecule has 2 aromatic rings. The highest BCUT2D eigenvalue weighted by Gasteiger charge is 2.12. The molecule has 0 saturated heterocycles. The van der Waals surface area contributed by atoms with E-state index in [0.717, 1.165) is 23.4 Å². The zero-order valence-corrected chi connectivity index (χ0v) is 14.1. The van der Waals surface area contributed by atoms with Crippen LogP contribution in [0.1, 0.15) is 31.9 Å². The van der Waals surface area contributed by atoms with E-state index in [4.69, 9.17) is 16.3 Å². The van der Waals surface area contributed by atoms with Gasteiger partial charge in [0, 0.05) is 10.7 Å². The fraction of sp³-hybridized carbons (Fsp3) is 0.278. The summed E-state index contributed by atoms with van der Waals surface area (Å²) >= 11 is 5.90. The summed E-state index contributed by atoms with van der Waals surface area (Å²) < 4.78 is 5.38. The summed E-state index contributed by atoms with van der Waals surface area (Å²) in [6.07, 6.45) is 0.790. The van der Waals surface area contributed by atoms with Crippen LogP contribution in [-0.2, 0) is 0 Å². The predicted molar refractivity (Wildman–Crippen MR) is 94.2 cm³/mol. The third kappa shape index (κ3) is 5.18. The molecule has 2 aromatic carbocycles. The van der Waals surface area contributed by atoms with Crippen molar-refractivity contribution in [3.05, 3.63) is 59.1 Å². The molecule has 0 spiro atoms. The maximum absolute atomic E-state index is 12.2. The third-order valence-corrected chi connectivity index (χ3v) is 3.66. The molecule has 2 amide bonds. The van der Waals surface area contributed by atoms with E-state index in [1.54, 1.807) is 0 Å². The number of nitrogens with one attached hydrogen (secondary N) is 2. The topological polar surface area (TPSA) is 50.4 Å². The van der Waals surface area contributed by atoms with E-state index in [-0.39, 0.29) is 12.1 Å². The highest BCUT2D eigenvalue weighted by molar-refractivity contribution is 6.30. The summed E-state index contributed by atoms with van der Waals surface area (Å²) in [6.45, 7) is 4.57. The summed E-state index contributed by atoms with van der Waals surface area (Å²) in [4.78, 5) is 12.2. The number of rotatable bonds is 6. The molecule has 2 rings (SSSR count). The fourth-order valence-electron chi connectivity index (χ4n) is 2.24. The third-order valence-electron chi connectivity index (χ3n) is 3.41. The minimum atomic E-state index is -0.240. The number of hydrogen-bond acceptors (Lipinski definition) is 2. The van der Waals surface area contributed by atoms with E-state index in [1.165, 1.54) is 0 Å². The fourth-order valence-corrected chi connectivity index (χ4v) is 2.37. The van der Waals surface area contributed by atoms with Gasteiger partial charge >= 0.3 is 6.03 Å². The Morgan fingerprint density at radius 2 is 1.74 bits per heavy atom. The van der Waals surface area contributed by atoms with E-state index in [0.29, 0.717) is 11.6 Å². The van der Waals surface area contributed by atoms with Gasteiger partial charge in [0.05, 0.1) is 12.6 Å². The molecule has 0 saturated carbocycles. The lowest BCUT2D eigenvalue weighted by Gasteiger charge is -2.18. The van der Waals surface area contributed by atoms with Gasteiger partial charge in [0.2, 0.25) is 0 Å². The van der Waals surface area contributed by atoms with Gasteiger partial charge in [-0.1, -0.05) is 30.7 Å². The van der Waals surface area contributed by atoms with E-state index in [1.807, 2.05) is 62.4 Å². The SMILES string of the molecule is CCOc1ccc(NC(=O)N[C@@H](CC)c2ccc(Cl)cc2)cc1. The second kappa shape index (κ2) is 8.44. The van der Waals surface area contributed by atoms with Gasteiger partial charge in [-0.15, -0.1) is 0 Å². The Hall–Kier alpha value is -2.20. The molecular formula is C18H21ClN2O2. The first-order valence-corrected chi connectivity index (χ1v) is 8.06. The lowest BCUT2D eigenvalue weighted by molar-refractivity contribution is 0.248. The quantitative estimate of drug-likeness (QED) is 0.781. The lowest BCUT2D eigenvalue weighted by atomic mass is 10.1. The molecule has 0 aliphatic heterocycles. The smallest absolute Gasteiger partial charge is 0.319 e. The zero-order valence-electron chi connectivity index (χ0n) is 13.3. The van der Waals surface area contributed by atoms with Crippen molar-refractivity contribution in [1.82, 2.24) is 5.32 Å². The number of urea groups is 1. The number of ether oxygens (including phenoxy) is 1. The van der Waals surface area contributed by atoms with Gasteiger partial charge in [-0.2, -0.15) is 0 Å². The van der Waals surface area contributed by atoms with Gasteiger partial charge in [0.15, 0.2) is 0 Å². The molecule has 0 aromatic heterocycles. The monoisotopic (exact) mass is 332 g/mol. The maximum Gasteiger partial charge on any atom is 0.319 e.